The topological polar surface area (TPSA) is 389 Å². The highest BCUT2D eigenvalue weighted by molar-refractivity contribution is 5.78. The van der Waals surface area contributed by atoms with Gasteiger partial charge in [-0.1, -0.05) is 63.1 Å². The van der Waals surface area contributed by atoms with Crippen LogP contribution in [0.1, 0.15) is 70.1 Å². The molecule has 20 N–H and O–H groups in total. The van der Waals surface area contributed by atoms with Crippen LogP contribution in [0.15, 0.2) is 72.8 Å². The largest absolute Gasteiger partial charge is 0.508 e. The molecule has 414 valence electrons. The Balaban J connectivity index is 1.42. The van der Waals surface area contributed by atoms with E-state index < -0.39 is 78.5 Å². The van der Waals surface area contributed by atoms with E-state index in [1.54, 1.807) is 62.4 Å². The van der Waals surface area contributed by atoms with E-state index in [-0.39, 0.29) is 75.5 Å². The molecule has 0 saturated heterocycles. The number of aromatic hydroxyl groups is 3. The van der Waals surface area contributed by atoms with Gasteiger partial charge in [0.15, 0.2) is 0 Å². The predicted molar refractivity (Wildman–Crippen MR) is 284 cm³/mol. The lowest BCUT2D eigenvalue weighted by molar-refractivity contribution is 0.225. The quantitative estimate of drug-likeness (QED) is 0.0453. The lowest BCUT2D eigenvalue weighted by atomic mass is 10.1. The van der Waals surface area contributed by atoms with Crippen LogP contribution in [0.4, 0.5) is 33.6 Å². The first-order valence-corrected chi connectivity index (χ1v) is 25.2. The Hall–Kier alpha value is -8.09. The first-order valence-electron chi connectivity index (χ1n) is 25.2. The molecule has 0 spiro atoms. The SMILES string of the molecule is CCC[C@@H](CNC(=O)N[C@H](CNC(=O)N[C@@H](C)CNC(=O)N[C@@H](CCC)CNC(=O)N[C@H](CNC(N)=O)Cc1ccc(O)cc1)Cc1ccc(O)cc1)NC(=O)NC[C@H](C)NC(=O)NC[C@@H](N)Cc1ccc(O)cc1. The molecule has 3 rings (SSSR count). The van der Waals surface area contributed by atoms with Gasteiger partial charge in [-0.15, -0.1) is 0 Å². The van der Waals surface area contributed by atoms with Crippen molar-refractivity contribution in [3.63, 3.8) is 0 Å². The zero-order chi connectivity index (χ0) is 55.1. The molecule has 0 aromatic heterocycles. The van der Waals surface area contributed by atoms with Gasteiger partial charge in [-0.25, -0.2) is 33.6 Å². The van der Waals surface area contributed by atoms with Crippen LogP contribution in [0.5, 0.6) is 17.2 Å². The van der Waals surface area contributed by atoms with Crippen molar-refractivity contribution in [2.45, 2.75) is 115 Å². The number of hydrogen-bond acceptors (Lipinski definition) is 11. The van der Waals surface area contributed by atoms with Crippen molar-refractivity contribution in [2.75, 3.05) is 45.8 Å². The smallest absolute Gasteiger partial charge is 0.315 e. The molecule has 0 saturated carbocycles. The van der Waals surface area contributed by atoms with Crippen LogP contribution in [-0.4, -0.2) is 146 Å². The van der Waals surface area contributed by atoms with Crippen LogP contribution < -0.4 is 80.6 Å². The molecule has 3 aromatic rings. The molecule has 25 heteroatoms. The fourth-order valence-electron chi connectivity index (χ4n) is 7.52. The molecule has 0 bridgehead atoms. The van der Waals surface area contributed by atoms with Crippen molar-refractivity contribution in [2.24, 2.45) is 11.5 Å². The van der Waals surface area contributed by atoms with E-state index in [0.29, 0.717) is 38.5 Å². The summed E-state index contributed by atoms with van der Waals surface area (Å²) in [4.78, 5) is 88.8. The van der Waals surface area contributed by atoms with Crippen LogP contribution in [0.2, 0.25) is 0 Å². The Morgan fingerprint density at radius 1 is 0.400 bits per heavy atom. The second-order valence-electron chi connectivity index (χ2n) is 18.4. The van der Waals surface area contributed by atoms with Gasteiger partial charge < -0.3 is 95.9 Å². The molecule has 25 nitrogen and oxygen atoms in total. The van der Waals surface area contributed by atoms with Gasteiger partial charge in [-0.05, 0) is 99.0 Å². The molecular weight excluding hydrogens is 971 g/mol. The van der Waals surface area contributed by atoms with Crippen molar-refractivity contribution in [1.82, 2.24) is 69.1 Å². The highest BCUT2D eigenvalue weighted by Gasteiger charge is 2.21. The second kappa shape index (κ2) is 33.6. The van der Waals surface area contributed by atoms with E-state index >= 15 is 0 Å². The molecular formula is C50H79N15O10. The predicted octanol–water partition coefficient (Wildman–Crippen LogP) is 1.47. The van der Waals surface area contributed by atoms with Crippen LogP contribution >= 0.6 is 0 Å². The number of hydrogen-bond donors (Lipinski definition) is 18. The Bertz CT molecular complexity index is 2220. The number of carbonyl (C=O) groups is 7. The zero-order valence-corrected chi connectivity index (χ0v) is 43.2. The van der Waals surface area contributed by atoms with Crippen molar-refractivity contribution < 1.29 is 48.9 Å². The highest BCUT2D eigenvalue weighted by atomic mass is 16.3. The number of rotatable bonds is 30. The van der Waals surface area contributed by atoms with Crippen LogP contribution in [0.3, 0.4) is 0 Å². The van der Waals surface area contributed by atoms with Gasteiger partial charge in [0, 0.05) is 76.0 Å². The van der Waals surface area contributed by atoms with Crippen molar-refractivity contribution in [3.8, 4) is 17.2 Å². The Morgan fingerprint density at radius 2 is 0.680 bits per heavy atom. The van der Waals surface area contributed by atoms with Crippen LogP contribution in [-0.2, 0) is 19.3 Å². The summed E-state index contributed by atoms with van der Waals surface area (Å²) >= 11 is 0. The minimum atomic E-state index is -0.749. The van der Waals surface area contributed by atoms with Crippen molar-refractivity contribution in [3.05, 3.63) is 89.5 Å². The number of primary amides is 1. The summed E-state index contributed by atoms with van der Waals surface area (Å²) in [5.41, 5.74) is 13.9. The lowest BCUT2D eigenvalue weighted by Gasteiger charge is -2.24. The zero-order valence-electron chi connectivity index (χ0n) is 43.2. The molecule has 0 aliphatic carbocycles. The first-order chi connectivity index (χ1) is 35.8. The van der Waals surface area contributed by atoms with Crippen LogP contribution in [0, 0.1) is 0 Å². The van der Waals surface area contributed by atoms with E-state index in [1.807, 2.05) is 13.8 Å². The number of phenolic OH excluding ortho intramolecular Hbond substituents is 3. The molecule has 0 aliphatic rings. The van der Waals surface area contributed by atoms with Gasteiger partial charge in [0.05, 0.1) is 12.1 Å². The van der Waals surface area contributed by atoms with E-state index in [1.165, 1.54) is 24.3 Å². The number of amides is 14. The summed E-state index contributed by atoms with van der Waals surface area (Å²) in [6.07, 6.45) is 3.60. The Labute approximate surface area is 438 Å². The maximum absolute atomic E-state index is 13.3. The molecule has 3 aromatic carbocycles. The number of nitrogens with one attached hydrogen (secondary N) is 13. The molecule has 0 aliphatic heterocycles. The molecule has 0 fully saturated rings. The first kappa shape index (κ1) is 61.2. The maximum atomic E-state index is 13.3. The summed E-state index contributed by atoms with van der Waals surface area (Å²) in [6, 6.07) is 12.3. The summed E-state index contributed by atoms with van der Waals surface area (Å²) in [5, 5.41) is 64.8. The summed E-state index contributed by atoms with van der Waals surface area (Å²) in [6.45, 7) is 7.88. The third-order valence-corrected chi connectivity index (χ3v) is 11.4. The molecule has 0 unspecified atom stereocenters. The molecule has 75 heavy (non-hydrogen) atoms. The average Bonchev–Trinajstić information content (AvgIpc) is 3.36. The minimum absolute atomic E-state index is 0.00481. The highest BCUT2D eigenvalue weighted by Crippen LogP contribution is 2.13. The third-order valence-electron chi connectivity index (χ3n) is 11.4. The fourth-order valence-corrected chi connectivity index (χ4v) is 7.52. The summed E-state index contributed by atoms with van der Waals surface area (Å²) in [7, 11) is 0. The monoisotopic (exact) mass is 1050 g/mol. The van der Waals surface area contributed by atoms with Gasteiger partial charge in [-0.3, -0.25) is 0 Å². The third kappa shape index (κ3) is 27.5. The van der Waals surface area contributed by atoms with Crippen molar-refractivity contribution >= 4 is 42.2 Å². The van der Waals surface area contributed by atoms with Gasteiger partial charge in [-0.2, -0.15) is 0 Å². The van der Waals surface area contributed by atoms with Gasteiger partial charge in [0.2, 0.25) is 0 Å². The van der Waals surface area contributed by atoms with Gasteiger partial charge in [0.25, 0.3) is 0 Å². The number of benzene rings is 3. The van der Waals surface area contributed by atoms with E-state index in [4.69, 9.17) is 11.5 Å². The number of carbonyl (C=O) groups excluding carboxylic acids is 7. The van der Waals surface area contributed by atoms with E-state index in [0.717, 1.165) is 16.7 Å². The summed E-state index contributed by atoms with van der Waals surface area (Å²) in [5.74, 6) is 0.308. The van der Waals surface area contributed by atoms with Gasteiger partial charge in [0.1, 0.15) is 17.2 Å². The number of phenols is 3. The van der Waals surface area contributed by atoms with Crippen molar-refractivity contribution in [1.29, 1.82) is 0 Å². The maximum Gasteiger partial charge on any atom is 0.315 e. The number of urea groups is 7. The lowest BCUT2D eigenvalue weighted by Crippen LogP contribution is -2.55. The normalized spacial score (nSPS) is 13.6. The molecule has 7 atom stereocenters. The number of nitrogens with two attached hydrogens (primary N) is 2. The fraction of sp³-hybridized carbons (Fsp3) is 0.500. The Kier molecular flexibility index (Phi) is 27.4. The molecule has 0 heterocycles. The Morgan fingerprint density at radius 3 is 1.03 bits per heavy atom. The van der Waals surface area contributed by atoms with E-state index in [9.17, 15) is 48.9 Å². The molecule has 0 radical (unpaired) electrons. The second-order valence-corrected chi connectivity index (χ2v) is 18.4. The van der Waals surface area contributed by atoms with Crippen LogP contribution in [0.25, 0.3) is 0 Å². The molecule has 14 amide bonds. The van der Waals surface area contributed by atoms with E-state index in [2.05, 4.69) is 69.1 Å². The average molecular weight is 1050 g/mol. The minimum Gasteiger partial charge on any atom is -0.508 e. The summed E-state index contributed by atoms with van der Waals surface area (Å²) < 4.78 is 0. The standard InChI is InChI=1S/C50H79N15O10/c1-5-7-37(27-57-49(74)64-39(29-53-44(52)69)22-34-11-17-42(67)18-12-34)62-48(73)55-25-32(4)61-46(71)59-30-40(23-35-13-19-43(68)20-14-35)65-50(75)58-28-38(8-6-2)63-47(72)54-24-31(3)60-45(70)56-26-36(51)21-33-9-15-41(66)16-10-33/h9-20,31-32,36-40,66-68H,5-8,21-30,51H2,1-4H3,(H3,52,53,69)(H2,54,63,72)(H2,55,62,73)(H2,56,60,70)(H2,57,64,74)(H2,58,65,75)(H2,59,61,71)/t31-,32-,36-,37-,38-,39-,40-/m0/s1. The van der Waals surface area contributed by atoms with Gasteiger partial charge >= 0.3 is 42.2 Å².